The number of aromatic nitrogens is 4. The molecule has 29 heavy (non-hydrogen) atoms. The Morgan fingerprint density at radius 2 is 2.07 bits per heavy atom. The molecule has 8 heteroatoms. The monoisotopic (exact) mass is 388 g/mol. The van der Waals surface area contributed by atoms with Crippen LogP contribution in [0.15, 0.2) is 36.7 Å². The third-order valence-corrected chi connectivity index (χ3v) is 5.03. The van der Waals surface area contributed by atoms with Gasteiger partial charge in [-0.05, 0) is 48.2 Å². The molecule has 1 saturated carbocycles. The molecule has 146 valence electrons. The highest BCUT2D eigenvalue weighted by molar-refractivity contribution is 5.94. The molecule has 0 unspecified atom stereocenters. The van der Waals surface area contributed by atoms with Crippen LogP contribution in [0.25, 0.3) is 22.5 Å². The van der Waals surface area contributed by atoms with Crippen molar-refractivity contribution in [3.63, 3.8) is 0 Å². The number of amides is 1. The lowest BCUT2D eigenvalue weighted by Crippen LogP contribution is -2.26. The smallest absolute Gasteiger partial charge is 0.295 e. The molecule has 8 nitrogen and oxygen atoms in total. The average Bonchev–Trinajstić information content (AvgIpc) is 3.52. The molecule has 0 N–H and O–H groups in total. The summed E-state index contributed by atoms with van der Waals surface area (Å²) in [5, 5.41) is 18.7. The zero-order chi connectivity index (χ0) is 20.5. The Morgan fingerprint density at radius 1 is 1.28 bits per heavy atom. The maximum atomic E-state index is 12.7. The summed E-state index contributed by atoms with van der Waals surface area (Å²) in [6, 6.07) is 11.4. The zero-order valence-electron chi connectivity index (χ0n) is 16.5. The van der Waals surface area contributed by atoms with Crippen molar-refractivity contribution in [1.82, 2.24) is 24.8 Å². The van der Waals surface area contributed by atoms with E-state index in [0.29, 0.717) is 23.0 Å². The lowest BCUT2D eigenvalue weighted by Gasteiger charge is -2.16. The van der Waals surface area contributed by atoms with E-state index in [1.807, 2.05) is 19.2 Å². The lowest BCUT2D eigenvalue weighted by molar-refractivity contribution is -0.0760. The van der Waals surface area contributed by atoms with Gasteiger partial charge in [0.25, 0.3) is 5.91 Å². The number of carbonyl (C=O) groups is 1. The summed E-state index contributed by atoms with van der Waals surface area (Å²) < 4.78 is 1.80. The Kier molecular flexibility index (Phi) is 4.82. The van der Waals surface area contributed by atoms with Crippen LogP contribution in [0.1, 0.15) is 40.5 Å². The summed E-state index contributed by atoms with van der Waals surface area (Å²) >= 11 is 0. The fraction of sp³-hybridized carbons (Fsp3) is 0.286. The summed E-state index contributed by atoms with van der Waals surface area (Å²) in [6.07, 6.45) is 3.74. The fourth-order valence-corrected chi connectivity index (χ4v) is 3.23. The van der Waals surface area contributed by atoms with Gasteiger partial charge >= 0.3 is 0 Å². The number of nitrogens with zero attached hydrogens (tertiary/aromatic N) is 6. The number of carbonyl (C=O) groups excluding carboxylic acids is 1. The number of nitriles is 1. The maximum Gasteiger partial charge on any atom is 0.295 e. The molecule has 3 aromatic rings. The maximum absolute atomic E-state index is 12.7. The van der Waals surface area contributed by atoms with E-state index in [4.69, 9.17) is 4.84 Å². The number of hydrogen-bond donors (Lipinski definition) is 0. The Balaban J connectivity index is 1.91. The molecule has 0 aliphatic heterocycles. The van der Waals surface area contributed by atoms with Gasteiger partial charge in [-0.2, -0.15) is 5.26 Å². The predicted molar refractivity (Wildman–Crippen MR) is 105 cm³/mol. The number of aryl methyl sites for hydroxylation is 1. The van der Waals surface area contributed by atoms with E-state index in [2.05, 4.69) is 21.3 Å². The number of pyridine rings is 1. The molecule has 2 heterocycles. The van der Waals surface area contributed by atoms with Crippen molar-refractivity contribution in [3.05, 3.63) is 53.6 Å². The second-order valence-electron chi connectivity index (χ2n) is 7.06. The number of hydrogen-bond acceptors (Lipinski definition) is 6. The minimum Gasteiger partial charge on any atom is -0.317 e. The van der Waals surface area contributed by atoms with E-state index in [1.165, 1.54) is 7.11 Å². The molecule has 0 bridgehead atoms. The van der Waals surface area contributed by atoms with Crippen molar-refractivity contribution < 1.29 is 9.63 Å². The second-order valence-corrected chi connectivity index (χ2v) is 7.06. The minimum absolute atomic E-state index is 0.315. The Hall–Kier alpha value is -3.57. The van der Waals surface area contributed by atoms with Gasteiger partial charge < -0.3 is 4.57 Å². The molecule has 0 radical (unpaired) electrons. The van der Waals surface area contributed by atoms with Gasteiger partial charge in [-0.25, -0.2) is 10.0 Å². The van der Waals surface area contributed by atoms with Crippen LogP contribution in [-0.2, 0) is 11.9 Å². The molecule has 0 atom stereocenters. The standard InChI is InChI=1S/C21H20N6O2/c1-26-12-23-25-20(26)17-8-13(11-22)4-7-16(17)15-9-18(14-5-6-14)24-19(10-15)21(28)27(2)29-3/h4,7-10,12,14H,5-6H2,1-3H3. The molecular weight excluding hydrogens is 368 g/mol. The fourth-order valence-electron chi connectivity index (χ4n) is 3.23. The molecule has 1 fully saturated rings. The van der Waals surface area contributed by atoms with Gasteiger partial charge in [0.15, 0.2) is 5.82 Å². The summed E-state index contributed by atoms with van der Waals surface area (Å²) in [7, 11) is 4.85. The molecule has 2 aromatic heterocycles. The molecule has 0 saturated heterocycles. The molecule has 1 amide bonds. The number of benzene rings is 1. The van der Waals surface area contributed by atoms with Crippen molar-refractivity contribution in [2.24, 2.45) is 7.05 Å². The van der Waals surface area contributed by atoms with Crippen molar-refractivity contribution >= 4 is 5.91 Å². The van der Waals surface area contributed by atoms with Crippen LogP contribution >= 0.6 is 0 Å². The largest absolute Gasteiger partial charge is 0.317 e. The van der Waals surface area contributed by atoms with E-state index in [9.17, 15) is 10.1 Å². The van der Waals surface area contributed by atoms with Crippen LogP contribution in [0.2, 0.25) is 0 Å². The number of rotatable bonds is 5. The first-order valence-electron chi connectivity index (χ1n) is 9.25. The average molecular weight is 388 g/mol. The van der Waals surface area contributed by atoms with Crippen LogP contribution < -0.4 is 0 Å². The highest BCUT2D eigenvalue weighted by atomic mass is 16.7. The van der Waals surface area contributed by atoms with E-state index >= 15 is 0 Å². The van der Waals surface area contributed by atoms with Crippen LogP contribution in [0, 0.1) is 11.3 Å². The highest BCUT2D eigenvalue weighted by Gasteiger charge is 2.28. The van der Waals surface area contributed by atoms with Crippen molar-refractivity contribution in [2.75, 3.05) is 14.2 Å². The van der Waals surface area contributed by atoms with Crippen LogP contribution in [0.5, 0.6) is 0 Å². The van der Waals surface area contributed by atoms with Gasteiger partial charge in [0.2, 0.25) is 0 Å². The van der Waals surface area contributed by atoms with Crippen LogP contribution in [0.3, 0.4) is 0 Å². The first-order valence-corrected chi connectivity index (χ1v) is 9.25. The van der Waals surface area contributed by atoms with Gasteiger partial charge in [-0.15, -0.1) is 10.2 Å². The summed E-state index contributed by atoms with van der Waals surface area (Å²) in [5.41, 5.74) is 4.22. The minimum atomic E-state index is -0.315. The normalized spacial score (nSPS) is 13.2. The Labute approximate surface area is 168 Å². The van der Waals surface area contributed by atoms with Crippen LogP contribution in [0.4, 0.5) is 0 Å². The molecule has 4 rings (SSSR count). The SMILES string of the molecule is CON(C)C(=O)c1cc(-c2ccc(C#N)cc2-c2nncn2C)cc(C2CC2)n1. The Morgan fingerprint density at radius 3 is 2.69 bits per heavy atom. The molecule has 0 spiro atoms. The topological polar surface area (TPSA) is 96.9 Å². The van der Waals surface area contributed by atoms with E-state index < -0.39 is 0 Å². The van der Waals surface area contributed by atoms with E-state index in [-0.39, 0.29) is 5.91 Å². The number of hydroxylamine groups is 2. The molecular formula is C21H20N6O2. The first kappa shape index (κ1) is 18.8. The van der Waals surface area contributed by atoms with Crippen LogP contribution in [-0.4, -0.2) is 44.9 Å². The molecule has 1 aromatic carbocycles. The summed E-state index contributed by atoms with van der Waals surface area (Å²) in [5.74, 6) is 0.694. The van der Waals surface area contributed by atoms with Gasteiger partial charge in [-0.3, -0.25) is 9.63 Å². The van der Waals surface area contributed by atoms with Gasteiger partial charge in [-0.1, -0.05) is 6.07 Å². The van der Waals surface area contributed by atoms with E-state index in [1.54, 1.807) is 36.1 Å². The van der Waals surface area contributed by atoms with Crippen molar-refractivity contribution in [3.8, 4) is 28.6 Å². The lowest BCUT2D eigenvalue weighted by atomic mass is 9.96. The quantitative estimate of drug-likeness (QED) is 0.624. The zero-order valence-corrected chi connectivity index (χ0v) is 16.5. The van der Waals surface area contributed by atoms with Gasteiger partial charge in [0.1, 0.15) is 12.0 Å². The summed E-state index contributed by atoms with van der Waals surface area (Å²) in [6.45, 7) is 0. The van der Waals surface area contributed by atoms with Crippen molar-refractivity contribution in [1.29, 1.82) is 5.26 Å². The van der Waals surface area contributed by atoms with Gasteiger partial charge in [0, 0.05) is 31.3 Å². The molecule has 1 aliphatic rings. The summed E-state index contributed by atoms with van der Waals surface area (Å²) in [4.78, 5) is 22.3. The predicted octanol–water partition coefficient (Wildman–Crippen LogP) is 2.93. The Bertz CT molecular complexity index is 1130. The highest BCUT2D eigenvalue weighted by Crippen LogP contribution is 2.41. The second kappa shape index (κ2) is 7.45. The molecule has 1 aliphatic carbocycles. The van der Waals surface area contributed by atoms with Crippen molar-refractivity contribution in [2.45, 2.75) is 18.8 Å². The third-order valence-electron chi connectivity index (χ3n) is 5.03. The first-order chi connectivity index (χ1) is 14.0. The van der Waals surface area contributed by atoms with E-state index in [0.717, 1.165) is 40.3 Å². The van der Waals surface area contributed by atoms with Gasteiger partial charge in [0.05, 0.1) is 18.7 Å². The third kappa shape index (κ3) is 3.60.